The third-order valence-corrected chi connectivity index (χ3v) is 3.20. The fourth-order valence-electron chi connectivity index (χ4n) is 1.30. The van der Waals surface area contributed by atoms with Crippen LogP contribution in [-0.2, 0) is 9.53 Å². The van der Waals surface area contributed by atoms with Crippen LogP contribution in [0.15, 0.2) is 16.4 Å². The number of carbonyl (C=O) groups excluding carboxylic acids is 1. The van der Waals surface area contributed by atoms with E-state index >= 15 is 0 Å². The molecule has 1 rings (SSSR count). The maximum absolute atomic E-state index is 11.3. The summed E-state index contributed by atoms with van der Waals surface area (Å²) in [6.45, 7) is 3.57. The van der Waals surface area contributed by atoms with Gasteiger partial charge in [0.05, 0.1) is 17.9 Å². The first-order valence-electron chi connectivity index (χ1n) is 4.79. The summed E-state index contributed by atoms with van der Waals surface area (Å²) in [5.74, 6) is 0.606. The van der Waals surface area contributed by atoms with Crippen LogP contribution in [0.5, 0.6) is 0 Å². The minimum Gasteiger partial charge on any atom is -0.494 e. The number of hydrogen-bond acceptors (Lipinski definition) is 5. The van der Waals surface area contributed by atoms with Crippen LogP contribution in [0, 0.1) is 0 Å². The van der Waals surface area contributed by atoms with Crippen molar-refractivity contribution in [2.45, 2.75) is 25.2 Å². The van der Waals surface area contributed by atoms with Crippen LogP contribution >= 0.6 is 11.8 Å². The van der Waals surface area contributed by atoms with E-state index in [1.165, 1.54) is 11.8 Å². The van der Waals surface area contributed by atoms with E-state index in [0.29, 0.717) is 11.3 Å². The van der Waals surface area contributed by atoms with Gasteiger partial charge in [-0.1, -0.05) is 16.9 Å². The third kappa shape index (κ3) is 3.16. The van der Waals surface area contributed by atoms with Crippen molar-refractivity contribution < 1.29 is 14.6 Å². The summed E-state index contributed by atoms with van der Waals surface area (Å²) in [7, 11) is 0. The van der Waals surface area contributed by atoms with Gasteiger partial charge in [-0.2, -0.15) is 0 Å². The van der Waals surface area contributed by atoms with E-state index in [2.05, 4.69) is 10.0 Å². The van der Waals surface area contributed by atoms with Crippen molar-refractivity contribution >= 4 is 16.9 Å². The Morgan fingerprint density at radius 2 is 2.44 bits per heavy atom. The number of hydrogen-bond donors (Lipinski definition) is 1. The lowest BCUT2D eigenvalue weighted by Crippen LogP contribution is -2.19. The average Bonchev–Trinajstić information content (AvgIpc) is 2.48. The zero-order valence-corrected chi connectivity index (χ0v) is 9.90. The van der Waals surface area contributed by atoms with E-state index in [4.69, 9.17) is 10.3 Å². The molecule has 0 bridgehead atoms. The summed E-state index contributed by atoms with van der Waals surface area (Å²) >= 11 is 1.20. The van der Waals surface area contributed by atoms with Gasteiger partial charge in [-0.15, -0.1) is 0 Å². The number of aliphatic hydroxyl groups is 1. The molecule has 2 unspecified atom stereocenters. The molecule has 0 fully saturated rings. The first-order valence-corrected chi connectivity index (χ1v) is 5.67. The van der Waals surface area contributed by atoms with Gasteiger partial charge in [0, 0.05) is 10.5 Å². The van der Waals surface area contributed by atoms with Gasteiger partial charge in [0.2, 0.25) is 5.12 Å². The highest BCUT2D eigenvalue weighted by Crippen LogP contribution is 2.33. The summed E-state index contributed by atoms with van der Waals surface area (Å²) < 4.78 is 5.36. The Morgan fingerprint density at radius 1 is 1.75 bits per heavy atom. The Hall–Kier alpha value is -1.17. The Labute approximate surface area is 97.3 Å². The normalized spacial score (nSPS) is 21.9. The van der Waals surface area contributed by atoms with Crippen molar-refractivity contribution in [2.75, 3.05) is 13.2 Å². The fourth-order valence-corrected chi connectivity index (χ4v) is 2.25. The molecule has 0 saturated heterocycles. The second-order valence-electron chi connectivity index (χ2n) is 3.42. The van der Waals surface area contributed by atoms with Crippen molar-refractivity contribution in [1.82, 2.24) is 0 Å². The Morgan fingerprint density at radius 3 is 2.94 bits per heavy atom. The predicted molar refractivity (Wildman–Crippen MR) is 60.7 cm³/mol. The molecular formula is C9H13N3O3S. The Balaban J connectivity index is 2.49. The zero-order valence-electron chi connectivity index (χ0n) is 9.08. The second kappa shape index (κ2) is 5.79. The van der Waals surface area contributed by atoms with Crippen LogP contribution < -0.4 is 0 Å². The summed E-state index contributed by atoms with van der Waals surface area (Å²) in [5, 5.41) is 12.6. The molecule has 0 aromatic carbocycles. The van der Waals surface area contributed by atoms with E-state index in [1.807, 2.05) is 6.92 Å². The minimum absolute atomic E-state index is 0.00651. The van der Waals surface area contributed by atoms with Gasteiger partial charge < -0.3 is 9.84 Å². The number of azide groups is 1. The Bertz CT molecular complexity index is 363. The summed E-state index contributed by atoms with van der Waals surface area (Å²) in [4.78, 5) is 13.8. The molecule has 1 aliphatic heterocycles. The van der Waals surface area contributed by atoms with Gasteiger partial charge in [-0.3, -0.25) is 4.79 Å². The molecule has 6 nitrogen and oxygen atoms in total. The maximum atomic E-state index is 11.3. The predicted octanol–water partition coefficient (Wildman–Crippen LogP) is 1.61. The highest BCUT2D eigenvalue weighted by Gasteiger charge is 2.29. The smallest absolute Gasteiger partial charge is 0.219 e. The van der Waals surface area contributed by atoms with Crippen molar-refractivity contribution in [3.63, 3.8) is 0 Å². The lowest BCUT2D eigenvalue weighted by Gasteiger charge is -2.13. The van der Waals surface area contributed by atoms with Gasteiger partial charge in [-0.05, 0) is 19.4 Å². The molecule has 0 aliphatic carbocycles. The van der Waals surface area contributed by atoms with Crippen LogP contribution in [0.25, 0.3) is 10.4 Å². The SMILES string of the molecule is CC1=C(OCC(O)CN=[N+]=[N-])C(C)SC1=O. The van der Waals surface area contributed by atoms with Crippen molar-refractivity contribution in [3.8, 4) is 0 Å². The van der Waals surface area contributed by atoms with Gasteiger partial charge in [0.1, 0.15) is 12.4 Å². The molecule has 16 heavy (non-hydrogen) atoms. The standard InChI is InChI=1S/C9H13N3O3S/c1-5-8(6(2)16-9(5)14)15-4-7(13)3-11-12-10/h6-7,13H,3-4H2,1-2H3. The number of ether oxygens (including phenoxy) is 1. The van der Waals surface area contributed by atoms with Crippen LogP contribution in [0.1, 0.15) is 13.8 Å². The number of aliphatic hydroxyl groups excluding tert-OH is 1. The highest BCUT2D eigenvalue weighted by atomic mass is 32.2. The first-order chi connectivity index (χ1) is 7.56. The van der Waals surface area contributed by atoms with Crippen molar-refractivity contribution in [1.29, 1.82) is 0 Å². The molecule has 0 aromatic heterocycles. The third-order valence-electron chi connectivity index (χ3n) is 2.12. The molecule has 1 heterocycles. The van der Waals surface area contributed by atoms with E-state index in [9.17, 15) is 9.90 Å². The number of carbonyl (C=O) groups is 1. The zero-order chi connectivity index (χ0) is 12.1. The van der Waals surface area contributed by atoms with Crippen LogP contribution in [0.3, 0.4) is 0 Å². The van der Waals surface area contributed by atoms with Crippen LogP contribution in [0.4, 0.5) is 0 Å². The maximum Gasteiger partial charge on any atom is 0.219 e. The summed E-state index contributed by atoms with van der Waals surface area (Å²) in [6.07, 6.45) is -0.843. The van der Waals surface area contributed by atoms with E-state index in [-0.39, 0.29) is 23.5 Å². The molecule has 0 radical (unpaired) electrons. The van der Waals surface area contributed by atoms with Crippen LogP contribution in [0.2, 0.25) is 0 Å². The molecule has 1 N–H and O–H groups in total. The fraction of sp³-hybridized carbons (Fsp3) is 0.667. The molecule has 0 spiro atoms. The molecular weight excluding hydrogens is 230 g/mol. The quantitative estimate of drug-likeness (QED) is 0.450. The van der Waals surface area contributed by atoms with E-state index in [0.717, 1.165) is 0 Å². The molecule has 0 aromatic rings. The molecule has 0 saturated carbocycles. The monoisotopic (exact) mass is 243 g/mol. The summed E-state index contributed by atoms with van der Waals surface area (Å²) in [5.41, 5.74) is 8.65. The molecule has 0 amide bonds. The summed E-state index contributed by atoms with van der Waals surface area (Å²) in [6, 6.07) is 0. The first kappa shape index (κ1) is 12.9. The van der Waals surface area contributed by atoms with Gasteiger partial charge >= 0.3 is 0 Å². The molecule has 1 aliphatic rings. The van der Waals surface area contributed by atoms with Gasteiger partial charge in [-0.25, -0.2) is 0 Å². The lowest BCUT2D eigenvalue weighted by molar-refractivity contribution is -0.107. The second-order valence-corrected chi connectivity index (χ2v) is 4.73. The molecule has 7 heteroatoms. The highest BCUT2D eigenvalue weighted by molar-refractivity contribution is 8.15. The minimum atomic E-state index is -0.843. The van der Waals surface area contributed by atoms with Gasteiger partial charge in [0.15, 0.2) is 0 Å². The van der Waals surface area contributed by atoms with Gasteiger partial charge in [0.25, 0.3) is 0 Å². The largest absolute Gasteiger partial charge is 0.494 e. The number of rotatable bonds is 5. The molecule has 2 atom stereocenters. The van der Waals surface area contributed by atoms with E-state index in [1.54, 1.807) is 6.92 Å². The average molecular weight is 243 g/mol. The number of nitrogens with zero attached hydrogens (tertiary/aromatic N) is 3. The van der Waals surface area contributed by atoms with Crippen molar-refractivity contribution in [2.24, 2.45) is 5.11 Å². The van der Waals surface area contributed by atoms with E-state index < -0.39 is 6.10 Å². The Kier molecular flexibility index (Phi) is 4.67. The topological polar surface area (TPSA) is 95.3 Å². The van der Waals surface area contributed by atoms with Crippen LogP contribution in [-0.4, -0.2) is 34.7 Å². The lowest BCUT2D eigenvalue weighted by atomic mass is 10.2. The number of thioether (sulfide) groups is 1. The molecule has 88 valence electrons. The van der Waals surface area contributed by atoms with Crippen molar-refractivity contribution in [3.05, 3.63) is 21.8 Å².